The molecule has 6 nitrogen and oxygen atoms in total. The molecule has 0 radical (unpaired) electrons. The van der Waals surface area contributed by atoms with Crippen LogP contribution in [-0.2, 0) is 11.0 Å². The molecule has 0 aliphatic heterocycles. The summed E-state index contributed by atoms with van der Waals surface area (Å²) in [7, 11) is -2.35. The second-order valence-electron chi connectivity index (χ2n) is 8.41. The second-order valence-corrected chi connectivity index (χ2v) is 9.92. The average molecular weight is 481 g/mol. The van der Waals surface area contributed by atoms with Gasteiger partial charge in [-0.25, -0.2) is 4.57 Å². The van der Waals surface area contributed by atoms with Gasteiger partial charge in [0.15, 0.2) is 0 Å². The van der Waals surface area contributed by atoms with Gasteiger partial charge in [0.1, 0.15) is 23.1 Å². The summed E-state index contributed by atoms with van der Waals surface area (Å²) in [5.41, 5.74) is 1.01. The zero-order valence-corrected chi connectivity index (χ0v) is 21.3. The van der Waals surface area contributed by atoms with E-state index in [1.807, 2.05) is 60.7 Å². The molecule has 0 spiro atoms. The molecular weight excluding hydrogens is 447 g/mol. The van der Waals surface area contributed by atoms with Crippen molar-refractivity contribution >= 4 is 13.6 Å². The molecular formula is C27H33N2O4P. The van der Waals surface area contributed by atoms with Crippen molar-refractivity contribution in [1.29, 1.82) is 0 Å². The predicted molar refractivity (Wildman–Crippen MR) is 138 cm³/mol. The third-order valence-electron chi connectivity index (χ3n) is 5.10. The van der Waals surface area contributed by atoms with E-state index in [-0.39, 0.29) is 12.1 Å². The van der Waals surface area contributed by atoms with E-state index in [0.29, 0.717) is 23.8 Å². The molecule has 0 saturated carbocycles. The maximum absolute atomic E-state index is 14.1. The van der Waals surface area contributed by atoms with Crippen molar-refractivity contribution in [3.63, 3.8) is 0 Å². The summed E-state index contributed by atoms with van der Waals surface area (Å²) in [5.74, 6) is 2.26. The van der Waals surface area contributed by atoms with Crippen LogP contribution in [0.25, 0.3) is 0 Å². The molecule has 7 heteroatoms. The SMILES string of the molecule is COc1ccc(C/C(=N/P(=O)(Oc2ccccc2)Oc2ccccc2)N(C(C)C)C(C)C)cc1. The quantitative estimate of drug-likeness (QED) is 0.177. The highest BCUT2D eigenvalue weighted by molar-refractivity contribution is 7.53. The van der Waals surface area contributed by atoms with Gasteiger partial charge in [0, 0.05) is 18.5 Å². The molecule has 0 aliphatic carbocycles. The van der Waals surface area contributed by atoms with Crippen LogP contribution < -0.4 is 13.8 Å². The second kappa shape index (κ2) is 11.8. The highest BCUT2D eigenvalue weighted by Gasteiger charge is 2.32. The lowest BCUT2D eigenvalue weighted by Crippen LogP contribution is -2.43. The molecule has 0 atom stereocenters. The van der Waals surface area contributed by atoms with E-state index in [2.05, 4.69) is 32.6 Å². The molecule has 0 aliphatic rings. The van der Waals surface area contributed by atoms with Crippen molar-refractivity contribution in [3.8, 4) is 17.2 Å². The van der Waals surface area contributed by atoms with Gasteiger partial charge in [0.05, 0.1) is 7.11 Å². The summed E-state index contributed by atoms with van der Waals surface area (Å²) in [6, 6.07) is 26.0. The fourth-order valence-corrected chi connectivity index (χ4v) is 5.08. The lowest BCUT2D eigenvalue weighted by atomic mass is 10.1. The van der Waals surface area contributed by atoms with E-state index in [1.165, 1.54) is 0 Å². The van der Waals surface area contributed by atoms with Gasteiger partial charge in [-0.15, -0.1) is 4.76 Å². The normalized spacial score (nSPS) is 12.0. The summed E-state index contributed by atoms with van der Waals surface area (Å²) in [4.78, 5) is 2.14. The molecule has 3 rings (SSSR count). The van der Waals surface area contributed by atoms with E-state index < -0.39 is 7.75 Å². The molecule has 0 saturated heterocycles. The van der Waals surface area contributed by atoms with Crippen LogP contribution in [0, 0.1) is 0 Å². The summed E-state index contributed by atoms with van der Waals surface area (Å²) >= 11 is 0. The molecule has 0 amide bonds. The summed E-state index contributed by atoms with van der Waals surface area (Å²) < 4.78 is 36.0. The van der Waals surface area contributed by atoms with E-state index >= 15 is 0 Å². The molecule has 3 aromatic carbocycles. The first kappa shape index (κ1) is 25.4. The minimum Gasteiger partial charge on any atom is -0.497 e. The number of amidine groups is 1. The van der Waals surface area contributed by atoms with Crippen LogP contribution >= 0.6 is 7.75 Å². The van der Waals surface area contributed by atoms with E-state index in [1.54, 1.807) is 31.4 Å². The third-order valence-corrected chi connectivity index (χ3v) is 6.46. The van der Waals surface area contributed by atoms with Crippen molar-refractivity contribution < 1.29 is 18.3 Å². The molecule has 180 valence electrons. The Hall–Kier alpha value is -3.24. The molecule has 3 aromatic rings. The topological polar surface area (TPSA) is 60.4 Å². The third kappa shape index (κ3) is 7.13. The van der Waals surface area contributed by atoms with Gasteiger partial charge >= 0.3 is 7.75 Å². The van der Waals surface area contributed by atoms with Crippen LogP contribution in [0.2, 0.25) is 0 Å². The number of nitrogens with zero attached hydrogens (tertiary/aromatic N) is 2. The highest BCUT2D eigenvalue weighted by Crippen LogP contribution is 2.50. The number of ether oxygens (including phenoxy) is 1. The fraction of sp³-hybridized carbons (Fsp3) is 0.296. The zero-order chi connectivity index (χ0) is 24.6. The van der Waals surface area contributed by atoms with Crippen molar-refractivity contribution in [2.24, 2.45) is 4.76 Å². The van der Waals surface area contributed by atoms with Gasteiger partial charge in [-0.3, -0.25) is 0 Å². The first-order chi connectivity index (χ1) is 16.3. The number of hydrogen-bond donors (Lipinski definition) is 0. The molecule has 0 aromatic heterocycles. The summed E-state index contributed by atoms with van der Waals surface area (Å²) in [5, 5.41) is 0. The molecule has 0 heterocycles. The highest BCUT2D eigenvalue weighted by atomic mass is 31.2. The smallest absolute Gasteiger partial charge is 0.497 e. The molecule has 0 bridgehead atoms. The van der Waals surface area contributed by atoms with Gasteiger partial charge in [-0.2, -0.15) is 0 Å². The molecule has 0 fully saturated rings. The van der Waals surface area contributed by atoms with Crippen LogP contribution in [0.1, 0.15) is 33.3 Å². The zero-order valence-electron chi connectivity index (χ0n) is 20.4. The Kier molecular flexibility index (Phi) is 8.78. The number of para-hydroxylation sites is 2. The maximum Gasteiger partial charge on any atom is 0.564 e. The van der Waals surface area contributed by atoms with Crippen molar-refractivity contribution in [1.82, 2.24) is 4.90 Å². The number of methoxy groups -OCH3 is 1. The molecule has 0 N–H and O–H groups in total. The van der Waals surface area contributed by atoms with Gasteiger partial charge in [0.25, 0.3) is 0 Å². The van der Waals surface area contributed by atoms with E-state index in [4.69, 9.17) is 18.5 Å². The summed E-state index contributed by atoms with van der Waals surface area (Å²) in [6.45, 7) is 8.35. The minimum absolute atomic E-state index is 0.124. The molecule has 0 unspecified atom stereocenters. The first-order valence-electron chi connectivity index (χ1n) is 11.4. The summed E-state index contributed by atoms with van der Waals surface area (Å²) in [6.07, 6.45) is 0.459. The lowest BCUT2D eigenvalue weighted by molar-refractivity contribution is 0.287. The van der Waals surface area contributed by atoms with Crippen LogP contribution in [0.4, 0.5) is 0 Å². The Labute approximate surface area is 202 Å². The van der Waals surface area contributed by atoms with E-state index in [0.717, 1.165) is 11.3 Å². The fourth-order valence-electron chi connectivity index (χ4n) is 3.73. The first-order valence-corrected chi connectivity index (χ1v) is 12.9. The van der Waals surface area contributed by atoms with Crippen LogP contribution in [0.15, 0.2) is 89.7 Å². The standard InChI is InChI=1S/C27H33N2O4P/c1-21(2)29(22(3)4)27(20-23-16-18-24(31-5)19-17-23)28-34(30,32-25-12-8-6-9-13-25)33-26-14-10-7-11-15-26/h6-19,21-22H,20H2,1-5H3/b28-27-. The maximum atomic E-state index is 14.1. The van der Waals surface area contributed by atoms with Gasteiger partial charge in [-0.05, 0) is 69.7 Å². The van der Waals surface area contributed by atoms with Crippen molar-refractivity contribution in [2.45, 2.75) is 46.2 Å². The average Bonchev–Trinajstić information content (AvgIpc) is 2.80. The van der Waals surface area contributed by atoms with Crippen LogP contribution in [-0.4, -0.2) is 29.9 Å². The Morgan fingerprint density at radius 2 is 1.24 bits per heavy atom. The van der Waals surface area contributed by atoms with Crippen LogP contribution in [0.5, 0.6) is 17.2 Å². The predicted octanol–water partition coefficient (Wildman–Crippen LogP) is 7.02. The Balaban J connectivity index is 2.07. The van der Waals surface area contributed by atoms with Gasteiger partial charge in [0.2, 0.25) is 0 Å². The van der Waals surface area contributed by atoms with Gasteiger partial charge in [-0.1, -0.05) is 48.5 Å². The minimum atomic E-state index is -3.98. The van der Waals surface area contributed by atoms with Gasteiger partial charge < -0.3 is 18.7 Å². The van der Waals surface area contributed by atoms with Crippen LogP contribution in [0.3, 0.4) is 0 Å². The van der Waals surface area contributed by atoms with Crippen molar-refractivity contribution in [2.75, 3.05) is 7.11 Å². The Bertz CT molecular complexity index is 1050. The number of benzene rings is 3. The molecule has 34 heavy (non-hydrogen) atoms. The largest absolute Gasteiger partial charge is 0.564 e. The van der Waals surface area contributed by atoms with Crippen molar-refractivity contribution in [3.05, 3.63) is 90.5 Å². The lowest BCUT2D eigenvalue weighted by Gasteiger charge is -2.34. The Morgan fingerprint density at radius 3 is 1.65 bits per heavy atom. The van der Waals surface area contributed by atoms with E-state index in [9.17, 15) is 4.57 Å². The number of hydrogen-bond acceptors (Lipinski definition) is 4. The Morgan fingerprint density at radius 1 is 0.765 bits per heavy atom. The number of rotatable bonds is 10. The monoisotopic (exact) mass is 480 g/mol.